The van der Waals surface area contributed by atoms with E-state index < -0.39 is 17.3 Å². The van der Waals surface area contributed by atoms with Crippen LogP contribution in [-0.2, 0) is 14.3 Å². The number of fused-ring (bicyclic) bond motifs is 1. The summed E-state index contributed by atoms with van der Waals surface area (Å²) in [5.41, 5.74) is 0. The molecule has 2 fully saturated rings. The minimum atomic E-state index is -0.800. The summed E-state index contributed by atoms with van der Waals surface area (Å²) in [5.74, 6) is 2.01. The van der Waals surface area contributed by atoms with Crippen molar-refractivity contribution in [2.75, 3.05) is 40.6 Å². The first-order valence-electron chi connectivity index (χ1n) is 8.74. The molecule has 0 saturated carbocycles. The molecule has 27 heavy (non-hydrogen) atoms. The average molecular weight is 384 g/mol. The SMILES string of the molecule is COc1cc(OC)cc(OCCCN[C@H]2CO[C@H]3[C@@H]2OC[C@@H]3O[N+](=O)[O-])c1. The number of methoxy groups -OCH3 is 2. The monoisotopic (exact) mass is 384 g/mol. The van der Waals surface area contributed by atoms with Gasteiger partial charge in [-0.05, 0) is 13.0 Å². The van der Waals surface area contributed by atoms with Crippen LogP contribution in [0.3, 0.4) is 0 Å². The van der Waals surface area contributed by atoms with E-state index in [4.69, 9.17) is 23.7 Å². The van der Waals surface area contributed by atoms with E-state index in [9.17, 15) is 10.1 Å². The number of hydrogen-bond donors (Lipinski definition) is 1. The Morgan fingerprint density at radius 2 is 1.78 bits per heavy atom. The van der Waals surface area contributed by atoms with E-state index >= 15 is 0 Å². The van der Waals surface area contributed by atoms with Gasteiger partial charge in [0.2, 0.25) is 0 Å². The fourth-order valence-electron chi connectivity index (χ4n) is 3.25. The summed E-state index contributed by atoms with van der Waals surface area (Å²) in [5, 5.41) is 13.0. The van der Waals surface area contributed by atoms with Crippen LogP contribution >= 0.6 is 0 Å². The Hall–Kier alpha value is -2.30. The van der Waals surface area contributed by atoms with Crippen molar-refractivity contribution >= 4 is 0 Å². The second kappa shape index (κ2) is 9.07. The number of benzene rings is 1. The van der Waals surface area contributed by atoms with E-state index in [0.717, 1.165) is 6.42 Å². The maximum absolute atomic E-state index is 10.5. The van der Waals surface area contributed by atoms with Crippen molar-refractivity contribution in [2.45, 2.75) is 30.8 Å². The second-order valence-corrected chi connectivity index (χ2v) is 6.27. The van der Waals surface area contributed by atoms with Crippen LogP contribution < -0.4 is 19.5 Å². The first kappa shape index (κ1) is 19.5. The van der Waals surface area contributed by atoms with Gasteiger partial charge in [0.15, 0.2) is 6.10 Å². The van der Waals surface area contributed by atoms with Crippen LogP contribution in [0.1, 0.15) is 6.42 Å². The molecule has 0 amide bonds. The summed E-state index contributed by atoms with van der Waals surface area (Å²) in [4.78, 5) is 15.1. The molecule has 0 aliphatic carbocycles. The van der Waals surface area contributed by atoms with Crippen molar-refractivity contribution < 1.29 is 33.6 Å². The third kappa shape index (κ3) is 4.90. The Morgan fingerprint density at radius 1 is 1.11 bits per heavy atom. The predicted molar refractivity (Wildman–Crippen MR) is 92.8 cm³/mol. The van der Waals surface area contributed by atoms with Gasteiger partial charge in [-0.3, -0.25) is 0 Å². The van der Waals surface area contributed by atoms with Crippen molar-refractivity contribution in [2.24, 2.45) is 0 Å². The fourth-order valence-corrected chi connectivity index (χ4v) is 3.25. The smallest absolute Gasteiger partial charge is 0.294 e. The van der Waals surface area contributed by atoms with Crippen LogP contribution in [0.25, 0.3) is 0 Å². The molecule has 0 radical (unpaired) electrons. The molecule has 0 bridgehead atoms. The fraction of sp³-hybridized carbons (Fsp3) is 0.647. The standard InChI is InChI=1S/C17H24N2O8/c1-22-11-6-12(23-2)8-13(7-11)24-5-3-4-18-14-9-25-17-15(27-19(20)21)10-26-16(14)17/h6-8,14-18H,3-5,9-10H2,1-2H3/t14-,15-,16+,17+/m0/s1. The Morgan fingerprint density at radius 3 is 2.44 bits per heavy atom. The minimum absolute atomic E-state index is 0.0210. The minimum Gasteiger partial charge on any atom is -0.496 e. The molecular formula is C17H24N2O8. The lowest BCUT2D eigenvalue weighted by Gasteiger charge is -2.17. The van der Waals surface area contributed by atoms with Gasteiger partial charge in [0.25, 0.3) is 5.09 Å². The van der Waals surface area contributed by atoms with Crippen LogP contribution in [0, 0.1) is 10.1 Å². The lowest BCUT2D eigenvalue weighted by atomic mass is 10.1. The highest BCUT2D eigenvalue weighted by molar-refractivity contribution is 5.41. The van der Waals surface area contributed by atoms with Crippen molar-refractivity contribution in [3.63, 3.8) is 0 Å². The van der Waals surface area contributed by atoms with Gasteiger partial charge in [0.1, 0.15) is 29.5 Å². The third-order valence-corrected chi connectivity index (χ3v) is 4.55. The molecule has 4 atom stereocenters. The molecule has 1 N–H and O–H groups in total. The molecule has 3 rings (SSSR count). The van der Waals surface area contributed by atoms with E-state index in [0.29, 0.717) is 37.0 Å². The van der Waals surface area contributed by atoms with Gasteiger partial charge in [-0.25, -0.2) is 0 Å². The average Bonchev–Trinajstić information content (AvgIpc) is 3.24. The Balaban J connectivity index is 1.38. The number of ether oxygens (including phenoxy) is 5. The summed E-state index contributed by atoms with van der Waals surface area (Å²) < 4.78 is 27.4. The number of hydrogen-bond acceptors (Lipinski definition) is 9. The molecule has 1 aromatic carbocycles. The molecule has 10 nitrogen and oxygen atoms in total. The van der Waals surface area contributed by atoms with Crippen molar-refractivity contribution in [1.29, 1.82) is 0 Å². The highest BCUT2D eigenvalue weighted by Gasteiger charge is 2.49. The molecule has 0 unspecified atom stereocenters. The first-order valence-corrected chi connectivity index (χ1v) is 8.74. The van der Waals surface area contributed by atoms with E-state index in [1.165, 1.54) is 0 Å². The highest BCUT2D eigenvalue weighted by atomic mass is 17.0. The van der Waals surface area contributed by atoms with Crippen LogP contribution in [0.2, 0.25) is 0 Å². The molecule has 2 aliphatic rings. The summed E-state index contributed by atoms with van der Waals surface area (Å²) in [7, 11) is 3.18. The van der Waals surface area contributed by atoms with E-state index in [1.807, 2.05) is 0 Å². The molecule has 10 heteroatoms. The maximum Gasteiger partial charge on any atom is 0.294 e. The van der Waals surface area contributed by atoms with Crippen LogP contribution in [-0.4, -0.2) is 70.0 Å². The summed E-state index contributed by atoms with van der Waals surface area (Å²) >= 11 is 0. The highest BCUT2D eigenvalue weighted by Crippen LogP contribution is 2.29. The van der Waals surface area contributed by atoms with E-state index in [-0.39, 0.29) is 18.8 Å². The summed E-state index contributed by atoms with van der Waals surface area (Å²) in [6, 6.07) is 5.36. The quantitative estimate of drug-likeness (QED) is 0.356. The normalized spacial score (nSPS) is 26.4. The van der Waals surface area contributed by atoms with Crippen LogP contribution in [0.5, 0.6) is 17.2 Å². The number of nitrogens with one attached hydrogen (secondary N) is 1. The zero-order chi connectivity index (χ0) is 19.2. The van der Waals surface area contributed by atoms with Gasteiger partial charge in [-0.1, -0.05) is 0 Å². The van der Waals surface area contributed by atoms with E-state index in [1.54, 1.807) is 32.4 Å². The summed E-state index contributed by atoms with van der Waals surface area (Å²) in [6.07, 6.45) is -0.544. The lowest BCUT2D eigenvalue weighted by molar-refractivity contribution is -0.769. The predicted octanol–water partition coefficient (Wildman–Crippen LogP) is 0.805. The van der Waals surface area contributed by atoms with Crippen LogP contribution in [0.4, 0.5) is 0 Å². The Kier molecular flexibility index (Phi) is 6.54. The van der Waals surface area contributed by atoms with Gasteiger partial charge in [0, 0.05) is 18.2 Å². The maximum atomic E-state index is 10.5. The van der Waals surface area contributed by atoms with Crippen LogP contribution in [0.15, 0.2) is 18.2 Å². The van der Waals surface area contributed by atoms with Crippen molar-refractivity contribution in [3.05, 3.63) is 28.3 Å². The lowest BCUT2D eigenvalue weighted by Crippen LogP contribution is -2.42. The summed E-state index contributed by atoms with van der Waals surface area (Å²) in [6.45, 7) is 1.80. The van der Waals surface area contributed by atoms with Gasteiger partial charge in [0.05, 0.1) is 40.1 Å². The molecular weight excluding hydrogens is 360 g/mol. The molecule has 0 spiro atoms. The third-order valence-electron chi connectivity index (χ3n) is 4.55. The zero-order valence-electron chi connectivity index (χ0n) is 15.3. The Bertz CT molecular complexity index is 621. The largest absolute Gasteiger partial charge is 0.496 e. The topological polar surface area (TPSA) is 111 Å². The second-order valence-electron chi connectivity index (χ2n) is 6.27. The molecule has 150 valence electrons. The van der Waals surface area contributed by atoms with E-state index in [2.05, 4.69) is 10.2 Å². The van der Waals surface area contributed by atoms with Gasteiger partial charge >= 0.3 is 0 Å². The molecule has 2 aliphatic heterocycles. The number of nitrogens with zero attached hydrogens (tertiary/aromatic N) is 1. The first-order chi connectivity index (χ1) is 13.1. The zero-order valence-corrected chi connectivity index (χ0v) is 15.3. The molecule has 2 heterocycles. The van der Waals surface area contributed by atoms with Crippen molar-refractivity contribution in [1.82, 2.24) is 5.32 Å². The van der Waals surface area contributed by atoms with Gasteiger partial charge in [-0.2, -0.15) is 0 Å². The van der Waals surface area contributed by atoms with Crippen molar-refractivity contribution in [3.8, 4) is 17.2 Å². The molecule has 1 aromatic rings. The Labute approximate surface area is 156 Å². The molecule has 2 saturated heterocycles. The van der Waals surface area contributed by atoms with Gasteiger partial charge < -0.3 is 33.8 Å². The van der Waals surface area contributed by atoms with Gasteiger partial charge in [-0.15, -0.1) is 10.1 Å². The molecule has 0 aromatic heterocycles. The number of rotatable bonds is 10.